The molecule has 4 aromatic rings. The third-order valence-electron chi connectivity index (χ3n) is 6.70. The molecule has 0 saturated carbocycles. The Hall–Kier alpha value is -4.91. The molecule has 40 heavy (non-hydrogen) atoms. The summed E-state index contributed by atoms with van der Waals surface area (Å²) in [6, 6.07) is 12.9. The number of nitrogens with zero attached hydrogens (tertiary/aromatic N) is 5. The number of benzene rings is 2. The lowest BCUT2D eigenvalue weighted by molar-refractivity contribution is -0.384. The first-order valence-corrected chi connectivity index (χ1v) is 12.6. The first-order valence-electron chi connectivity index (χ1n) is 12.6. The zero-order chi connectivity index (χ0) is 28.2. The molecular weight excluding hydrogens is 518 g/mol. The van der Waals surface area contributed by atoms with Gasteiger partial charge in [-0.05, 0) is 12.1 Å². The number of nitrogens with one attached hydrogen (secondary N) is 2. The van der Waals surface area contributed by atoms with Crippen molar-refractivity contribution in [1.29, 1.82) is 0 Å². The number of nitro benzene ring substituents is 1. The minimum Gasteiger partial charge on any atom is -0.494 e. The van der Waals surface area contributed by atoms with Gasteiger partial charge in [0, 0.05) is 55.4 Å². The average Bonchev–Trinajstić information content (AvgIpc) is 3.31. The molecule has 208 valence electrons. The molecule has 0 spiro atoms. The summed E-state index contributed by atoms with van der Waals surface area (Å²) in [6.07, 6.45) is 1.06. The van der Waals surface area contributed by atoms with Crippen molar-refractivity contribution in [2.45, 2.75) is 13.2 Å². The van der Waals surface area contributed by atoms with Crippen molar-refractivity contribution < 1.29 is 23.9 Å². The van der Waals surface area contributed by atoms with Crippen LogP contribution < -0.4 is 20.3 Å². The second kappa shape index (κ2) is 11.5. The number of likely N-dealkylation sites (N-methyl/N-ethyl adjacent to an activating group) is 1. The Morgan fingerprint density at radius 2 is 2.10 bits per heavy atom. The lowest BCUT2D eigenvalue weighted by Crippen LogP contribution is -2.27. The normalized spacial score (nSPS) is 12.5. The Morgan fingerprint density at radius 1 is 1.27 bits per heavy atom. The van der Waals surface area contributed by atoms with Crippen molar-refractivity contribution in [3.05, 3.63) is 64.5 Å². The molecule has 5 rings (SSSR count). The van der Waals surface area contributed by atoms with E-state index in [2.05, 4.69) is 32.3 Å². The van der Waals surface area contributed by atoms with Crippen LogP contribution in [0.2, 0.25) is 0 Å². The summed E-state index contributed by atoms with van der Waals surface area (Å²) in [7, 11) is 4.60. The Labute approximate surface area is 229 Å². The zero-order valence-electron chi connectivity index (χ0n) is 22.3. The van der Waals surface area contributed by atoms with Crippen LogP contribution in [0.4, 0.5) is 27.8 Å². The van der Waals surface area contributed by atoms with E-state index < -0.39 is 11.0 Å². The number of carbonyl (C=O) groups excluding carboxylic acids is 1. The molecule has 1 amide bonds. The maximum Gasteiger partial charge on any atom is 0.406 e. The van der Waals surface area contributed by atoms with Gasteiger partial charge in [-0.1, -0.05) is 18.2 Å². The number of para-hydroxylation sites is 1. The topological polar surface area (TPSA) is 146 Å². The van der Waals surface area contributed by atoms with Gasteiger partial charge in [-0.2, -0.15) is 0 Å². The van der Waals surface area contributed by atoms with Crippen LogP contribution in [0.3, 0.4) is 0 Å². The van der Waals surface area contributed by atoms with E-state index >= 15 is 0 Å². The van der Waals surface area contributed by atoms with Gasteiger partial charge in [0.05, 0.1) is 48.9 Å². The van der Waals surface area contributed by atoms with Crippen LogP contribution in [-0.4, -0.2) is 66.5 Å². The van der Waals surface area contributed by atoms with Crippen LogP contribution in [0.15, 0.2) is 48.7 Å². The molecule has 2 N–H and O–H groups in total. The predicted octanol–water partition coefficient (Wildman–Crippen LogP) is 4.08. The number of methoxy groups -OCH3 is 1. The molecule has 0 unspecified atom stereocenters. The van der Waals surface area contributed by atoms with E-state index in [-0.39, 0.29) is 24.8 Å². The molecule has 0 bridgehead atoms. The van der Waals surface area contributed by atoms with Gasteiger partial charge in [0.2, 0.25) is 5.95 Å². The Morgan fingerprint density at radius 3 is 2.88 bits per heavy atom. The summed E-state index contributed by atoms with van der Waals surface area (Å²) in [4.78, 5) is 33.6. The summed E-state index contributed by atoms with van der Waals surface area (Å²) in [5, 5.41) is 18.5. The summed E-state index contributed by atoms with van der Waals surface area (Å²) < 4.78 is 18.6. The Balaban J connectivity index is 1.47. The van der Waals surface area contributed by atoms with Gasteiger partial charge in [-0.3, -0.25) is 10.1 Å². The second-order valence-corrected chi connectivity index (χ2v) is 9.04. The van der Waals surface area contributed by atoms with Crippen molar-refractivity contribution >= 4 is 40.0 Å². The van der Waals surface area contributed by atoms with E-state index in [4.69, 9.17) is 19.2 Å². The molecule has 2 aromatic heterocycles. The lowest BCUT2D eigenvalue weighted by Gasteiger charge is -2.21. The van der Waals surface area contributed by atoms with Crippen LogP contribution in [0.1, 0.15) is 5.69 Å². The lowest BCUT2D eigenvalue weighted by atomic mass is 10.1. The Kier molecular flexibility index (Phi) is 7.64. The fraction of sp³-hybridized carbons (Fsp3) is 0.296. The summed E-state index contributed by atoms with van der Waals surface area (Å²) in [5.41, 5.74) is 4.29. The molecule has 0 radical (unpaired) electrons. The number of anilines is 3. The van der Waals surface area contributed by atoms with Gasteiger partial charge in [-0.15, -0.1) is 0 Å². The van der Waals surface area contributed by atoms with Crippen molar-refractivity contribution in [2.24, 2.45) is 0 Å². The van der Waals surface area contributed by atoms with Crippen molar-refractivity contribution in [3.8, 4) is 17.0 Å². The van der Waals surface area contributed by atoms with Crippen molar-refractivity contribution in [2.75, 3.05) is 51.2 Å². The number of aromatic nitrogens is 3. The molecule has 13 heteroatoms. The van der Waals surface area contributed by atoms with E-state index in [9.17, 15) is 14.9 Å². The van der Waals surface area contributed by atoms with Crippen LogP contribution in [-0.2, 0) is 22.6 Å². The largest absolute Gasteiger partial charge is 0.494 e. The zero-order valence-corrected chi connectivity index (χ0v) is 22.3. The summed E-state index contributed by atoms with van der Waals surface area (Å²) >= 11 is 0. The third kappa shape index (κ3) is 5.18. The number of ether oxygens (including phenoxy) is 3. The molecule has 0 saturated heterocycles. The van der Waals surface area contributed by atoms with E-state index in [1.807, 2.05) is 18.2 Å². The van der Waals surface area contributed by atoms with Crippen LogP contribution in [0.5, 0.6) is 5.75 Å². The number of hydrogen-bond acceptors (Lipinski definition) is 10. The molecule has 0 atom stereocenters. The van der Waals surface area contributed by atoms with E-state index in [1.165, 1.54) is 20.2 Å². The molecule has 2 aromatic carbocycles. The highest BCUT2D eigenvalue weighted by atomic mass is 16.6. The summed E-state index contributed by atoms with van der Waals surface area (Å²) in [6.45, 7) is 2.15. The van der Waals surface area contributed by atoms with E-state index in [1.54, 1.807) is 24.2 Å². The first kappa shape index (κ1) is 26.7. The van der Waals surface area contributed by atoms with Gasteiger partial charge in [0.25, 0.3) is 5.69 Å². The van der Waals surface area contributed by atoms with Crippen LogP contribution >= 0.6 is 0 Å². The second-order valence-electron chi connectivity index (χ2n) is 9.04. The van der Waals surface area contributed by atoms with Gasteiger partial charge in [-0.25, -0.2) is 14.8 Å². The highest BCUT2D eigenvalue weighted by molar-refractivity contribution is 5.97. The molecule has 0 aliphatic carbocycles. The number of alkyl carbamates (subject to hydrolysis) is 1. The van der Waals surface area contributed by atoms with Crippen molar-refractivity contribution in [3.63, 3.8) is 0 Å². The monoisotopic (exact) mass is 547 g/mol. The maximum atomic E-state index is 12.0. The van der Waals surface area contributed by atoms with Crippen LogP contribution in [0, 0.1) is 10.1 Å². The SMILES string of the molecule is CNC(=O)OCCN(C)c1cc(OC)c(Nc2nccc(-c3c4n(c5ccccc35)CCOC4)n2)cc1[N+](=O)[O-]. The fourth-order valence-electron chi connectivity index (χ4n) is 4.79. The highest BCUT2D eigenvalue weighted by Crippen LogP contribution is 2.40. The first-order chi connectivity index (χ1) is 19.4. The standard InChI is InChI=1S/C27H29N7O6/c1-28-27(35)40-13-10-32(2)21-15-24(38-3)19(14-22(21)34(36)37)31-26-29-9-8-18(30-26)25-17-6-4-5-7-20(17)33-11-12-39-16-23(25)33/h4-9,14-15H,10-13,16H2,1-3H3,(H,28,35)(H,29,30,31). The number of hydrogen-bond donors (Lipinski definition) is 2. The van der Waals surface area contributed by atoms with Gasteiger partial charge in [0.1, 0.15) is 18.0 Å². The molecule has 0 fully saturated rings. The average molecular weight is 548 g/mol. The quantitative estimate of drug-likeness (QED) is 0.232. The Bertz CT molecular complexity index is 1570. The minimum absolute atomic E-state index is 0.0414. The van der Waals surface area contributed by atoms with E-state index in [0.717, 1.165) is 28.7 Å². The number of rotatable bonds is 9. The number of carbonyl (C=O) groups is 1. The smallest absolute Gasteiger partial charge is 0.406 e. The summed E-state index contributed by atoms with van der Waals surface area (Å²) in [5.74, 6) is 0.611. The molecule has 1 aliphatic rings. The fourth-order valence-corrected chi connectivity index (χ4v) is 4.79. The maximum absolute atomic E-state index is 12.0. The number of nitro groups is 1. The predicted molar refractivity (Wildman–Crippen MR) is 149 cm³/mol. The number of fused-ring (bicyclic) bond motifs is 3. The molecular formula is C27H29N7O6. The number of amides is 1. The molecule has 3 heterocycles. The van der Waals surface area contributed by atoms with Gasteiger partial charge < -0.3 is 34.3 Å². The van der Waals surface area contributed by atoms with E-state index in [0.29, 0.717) is 36.0 Å². The third-order valence-corrected chi connectivity index (χ3v) is 6.70. The molecule has 1 aliphatic heterocycles. The van der Waals surface area contributed by atoms with Gasteiger partial charge in [0.15, 0.2) is 0 Å². The highest BCUT2D eigenvalue weighted by Gasteiger charge is 2.24. The molecule has 13 nitrogen and oxygen atoms in total. The van der Waals surface area contributed by atoms with Gasteiger partial charge >= 0.3 is 6.09 Å². The minimum atomic E-state index is -0.580. The van der Waals surface area contributed by atoms with Crippen molar-refractivity contribution in [1.82, 2.24) is 19.9 Å². The van der Waals surface area contributed by atoms with Crippen LogP contribution in [0.25, 0.3) is 22.2 Å².